The van der Waals surface area contributed by atoms with Crippen molar-refractivity contribution in [3.05, 3.63) is 35.4 Å². The van der Waals surface area contributed by atoms with Gasteiger partial charge in [-0.1, -0.05) is 45.0 Å². The van der Waals surface area contributed by atoms with Gasteiger partial charge >= 0.3 is 0 Å². The second-order valence-electron chi connectivity index (χ2n) is 7.34. The van der Waals surface area contributed by atoms with Crippen LogP contribution in [0.25, 0.3) is 0 Å². The van der Waals surface area contributed by atoms with Gasteiger partial charge in [-0.3, -0.25) is 4.79 Å². The van der Waals surface area contributed by atoms with Crippen molar-refractivity contribution in [1.29, 1.82) is 0 Å². The van der Waals surface area contributed by atoms with Crippen molar-refractivity contribution in [3.63, 3.8) is 0 Å². The van der Waals surface area contributed by atoms with Crippen LogP contribution >= 0.6 is 0 Å². The zero-order valence-electron chi connectivity index (χ0n) is 13.3. The highest BCUT2D eigenvalue weighted by Gasteiger charge is 2.37. The van der Waals surface area contributed by atoms with E-state index in [1.165, 1.54) is 0 Å². The first-order valence-corrected chi connectivity index (χ1v) is 10.4. The first kappa shape index (κ1) is 15.5. The molecule has 1 fully saturated rings. The normalized spacial score (nSPS) is 16.2. The molecule has 3 heteroatoms. The summed E-state index contributed by atoms with van der Waals surface area (Å²) in [5.74, 6) is 0.573. The molecule has 0 amide bonds. The van der Waals surface area contributed by atoms with Crippen LogP contribution in [0.4, 0.5) is 0 Å². The molecule has 1 saturated carbocycles. The van der Waals surface area contributed by atoms with Gasteiger partial charge in [-0.2, -0.15) is 0 Å². The molecule has 0 aliphatic heterocycles. The molecule has 0 bridgehead atoms. The van der Waals surface area contributed by atoms with Gasteiger partial charge in [0.25, 0.3) is 0 Å². The van der Waals surface area contributed by atoms with Crippen LogP contribution in [-0.2, 0) is 11.0 Å². The Morgan fingerprint density at radius 2 is 1.85 bits per heavy atom. The third-order valence-electron chi connectivity index (χ3n) is 4.63. The summed E-state index contributed by atoms with van der Waals surface area (Å²) >= 11 is 0. The monoisotopic (exact) mass is 290 g/mol. The van der Waals surface area contributed by atoms with Gasteiger partial charge in [-0.15, -0.1) is 0 Å². The Morgan fingerprint density at radius 3 is 2.40 bits per heavy atom. The lowest BCUT2D eigenvalue weighted by Crippen LogP contribution is -2.40. The molecule has 2 rings (SSSR count). The Kier molecular flexibility index (Phi) is 4.21. The molecule has 110 valence electrons. The van der Waals surface area contributed by atoms with Crippen molar-refractivity contribution in [3.8, 4) is 0 Å². The fraction of sp³-hybridized carbons (Fsp3) is 0.588. The summed E-state index contributed by atoms with van der Waals surface area (Å²) in [5, 5.41) is 0.197. The van der Waals surface area contributed by atoms with E-state index >= 15 is 0 Å². The predicted molar refractivity (Wildman–Crippen MR) is 85.5 cm³/mol. The Balaban J connectivity index is 2.12. The van der Waals surface area contributed by atoms with Crippen LogP contribution in [0.5, 0.6) is 0 Å². The fourth-order valence-corrected chi connectivity index (χ4v) is 2.88. The van der Waals surface area contributed by atoms with Crippen molar-refractivity contribution < 1.29 is 9.22 Å². The maximum atomic E-state index is 12.3. The Bertz CT molecular complexity index is 496. The van der Waals surface area contributed by atoms with Gasteiger partial charge in [0, 0.05) is 11.5 Å². The predicted octanol–water partition coefficient (Wildman–Crippen LogP) is 4.80. The average molecular weight is 290 g/mol. The van der Waals surface area contributed by atoms with Gasteiger partial charge in [-0.05, 0) is 36.5 Å². The number of ketones is 1. The lowest BCUT2D eigenvalue weighted by molar-refractivity contribution is 0.0965. The molecule has 1 aliphatic carbocycles. The molecule has 2 nitrogen and oxygen atoms in total. The highest BCUT2D eigenvalue weighted by molar-refractivity contribution is 6.74. The van der Waals surface area contributed by atoms with Crippen molar-refractivity contribution >= 4 is 14.1 Å². The fourth-order valence-electron chi connectivity index (χ4n) is 1.93. The van der Waals surface area contributed by atoms with E-state index in [9.17, 15) is 4.79 Å². The highest BCUT2D eigenvalue weighted by Crippen LogP contribution is 2.38. The molecule has 0 atom stereocenters. The standard InChI is InChI=1S/C17H26O2Si/c1-17(2,3)20(4,5)19-12-14-8-6-7-9-15(14)16(18)13-10-11-13/h6-9,13H,10-12H2,1-5H3. The molecule has 0 N–H and O–H groups in total. The minimum Gasteiger partial charge on any atom is -0.413 e. The number of hydrogen-bond acceptors (Lipinski definition) is 2. The first-order chi connectivity index (χ1) is 9.22. The Hall–Kier alpha value is -0.933. The van der Waals surface area contributed by atoms with E-state index in [-0.39, 0.29) is 11.0 Å². The first-order valence-electron chi connectivity index (χ1n) is 7.48. The van der Waals surface area contributed by atoms with Crippen molar-refractivity contribution in [1.82, 2.24) is 0 Å². The van der Waals surface area contributed by atoms with Crippen LogP contribution in [0.2, 0.25) is 18.1 Å². The molecule has 0 aromatic heterocycles. The van der Waals surface area contributed by atoms with Crippen LogP contribution in [0.15, 0.2) is 24.3 Å². The van der Waals surface area contributed by atoms with Crippen LogP contribution in [-0.4, -0.2) is 14.1 Å². The van der Waals surface area contributed by atoms with E-state index in [4.69, 9.17) is 4.43 Å². The minimum absolute atomic E-state index is 0.197. The Morgan fingerprint density at radius 1 is 1.25 bits per heavy atom. The zero-order valence-corrected chi connectivity index (χ0v) is 14.3. The lowest BCUT2D eigenvalue weighted by atomic mass is 10.0. The third kappa shape index (κ3) is 3.39. The van der Waals surface area contributed by atoms with E-state index in [0.29, 0.717) is 12.4 Å². The number of Topliss-reactive ketones (excluding diaryl/α,β-unsaturated/α-hetero) is 1. The number of carbonyl (C=O) groups is 1. The smallest absolute Gasteiger partial charge is 0.192 e. The number of hydrogen-bond donors (Lipinski definition) is 0. The maximum Gasteiger partial charge on any atom is 0.192 e. The molecule has 1 aromatic rings. The molecule has 0 heterocycles. The molecule has 20 heavy (non-hydrogen) atoms. The number of benzene rings is 1. The van der Waals surface area contributed by atoms with Crippen LogP contribution < -0.4 is 0 Å². The molecule has 0 radical (unpaired) electrons. The van der Waals surface area contributed by atoms with Crippen LogP contribution in [0, 0.1) is 5.92 Å². The van der Waals surface area contributed by atoms with E-state index in [0.717, 1.165) is 24.0 Å². The number of rotatable bonds is 5. The van der Waals surface area contributed by atoms with Gasteiger partial charge in [0.2, 0.25) is 0 Å². The van der Waals surface area contributed by atoms with Crippen LogP contribution in [0.3, 0.4) is 0 Å². The molecule has 1 aliphatic rings. The van der Waals surface area contributed by atoms with Gasteiger partial charge in [0.15, 0.2) is 14.1 Å². The van der Waals surface area contributed by atoms with E-state index < -0.39 is 8.32 Å². The quantitative estimate of drug-likeness (QED) is 0.575. The van der Waals surface area contributed by atoms with Crippen molar-refractivity contribution in [2.45, 2.75) is 58.4 Å². The van der Waals surface area contributed by atoms with E-state index in [1.54, 1.807) is 0 Å². The Labute approximate surface area is 123 Å². The topological polar surface area (TPSA) is 26.3 Å². The SMILES string of the molecule is CC(C)(C)[Si](C)(C)OCc1ccccc1C(=O)C1CC1. The van der Waals surface area contributed by atoms with Gasteiger partial charge < -0.3 is 4.43 Å². The second kappa shape index (κ2) is 5.45. The summed E-state index contributed by atoms with van der Waals surface area (Å²) in [4.78, 5) is 12.3. The summed E-state index contributed by atoms with van der Waals surface area (Å²) in [6.45, 7) is 11.8. The summed E-state index contributed by atoms with van der Waals surface area (Å²) < 4.78 is 6.26. The molecular weight excluding hydrogens is 264 g/mol. The average Bonchev–Trinajstić information content (AvgIpc) is 3.19. The minimum atomic E-state index is -1.77. The van der Waals surface area contributed by atoms with Crippen molar-refractivity contribution in [2.75, 3.05) is 0 Å². The van der Waals surface area contributed by atoms with Crippen LogP contribution in [0.1, 0.15) is 49.5 Å². The van der Waals surface area contributed by atoms with E-state index in [1.807, 2.05) is 24.3 Å². The maximum absolute atomic E-state index is 12.3. The summed E-state index contributed by atoms with van der Waals surface area (Å²) in [7, 11) is -1.77. The van der Waals surface area contributed by atoms with Gasteiger partial charge in [0.05, 0.1) is 6.61 Å². The molecule has 0 unspecified atom stereocenters. The summed E-state index contributed by atoms with van der Waals surface area (Å²) in [6.07, 6.45) is 2.10. The molecule has 0 saturated heterocycles. The van der Waals surface area contributed by atoms with Crippen molar-refractivity contribution in [2.24, 2.45) is 5.92 Å². The van der Waals surface area contributed by atoms with Gasteiger partial charge in [0.1, 0.15) is 0 Å². The zero-order chi connectivity index (χ0) is 15.0. The second-order valence-corrected chi connectivity index (χ2v) is 12.2. The number of carbonyl (C=O) groups excluding carboxylic acids is 1. The largest absolute Gasteiger partial charge is 0.413 e. The molecule has 0 spiro atoms. The molecule has 1 aromatic carbocycles. The third-order valence-corrected chi connectivity index (χ3v) is 9.10. The highest BCUT2D eigenvalue weighted by atomic mass is 28.4. The molecular formula is C17H26O2Si. The lowest BCUT2D eigenvalue weighted by Gasteiger charge is -2.36. The van der Waals surface area contributed by atoms with Gasteiger partial charge in [-0.25, -0.2) is 0 Å². The summed E-state index contributed by atoms with van der Waals surface area (Å²) in [5.41, 5.74) is 1.92. The van der Waals surface area contributed by atoms with E-state index in [2.05, 4.69) is 33.9 Å². The summed E-state index contributed by atoms with van der Waals surface area (Å²) in [6, 6.07) is 7.92.